The standard InChI is InChI=1S/C13H18N4O7/c1-22-5-3-23-10-7(18)8(4-2-15-13(21)17-11(4)19)24-9(10)6(5)16-12(14)20/h2,5-10,18H,3H2,1H3,(H3,14,16,20)(H2,15,17,19,21)/t5-,6-,7+,8+,9-,10-/m1/s1. The molecule has 132 valence electrons. The van der Waals surface area contributed by atoms with Crippen LogP contribution in [0.4, 0.5) is 4.79 Å². The van der Waals surface area contributed by atoms with Crippen LogP contribution in [0.2, 0.25) is 0 Å². The summed E-state index contributed by atoms with van der Waals surface area (Å²) in [4.78, 5) is 38.7. The van der Waals surface area contributed by atoms with Crippen molar-refractivity contribution >= 4 is 6.03 Å². The van der Waals surface area contributed by atoms with Crippen molar-refractivity contribution in [2.45, 2.75) is 36.6 Å². The molecule has 6 atom stereocenters. The molecule has 0 unspecified atom stereocenters. The van der Waals surface area contributed by atoms with Crippen molar-refractivity contribution in [1.29, 1.82) is 0 Å². The molecule has 1 aromatic rings. The van der Waals surface area contributed by atoms with Crippen molar-refractivity contribution in [3.63, 3.8) is 0 Å². The zero-order chi connectivity index (χ0) is 17.4. The molecule has 24 heavy (non-hydrogen) atoms. The van der Waals surface area contributed by atoms with Gasteiger partial charge < -0.3 is 35.4 Å². The lowest BCUT2D eigenvalue weighted by molar-refractivity contribution is -0.143. The highest BCUT2D eigenvalue weighted by atomic mass is 16.6. The lowest BCUT2D eigenvalue weighted by atomic mass is 9.94. The highest BCUT2D eigenvalue weighted by Crippen LogP contribution is 2.38. The predicted octanol–water partition coefficient (Wildman–Crippen LogP) is -2.69. The van der Waals surface area contributed by atoms with E-state index in [2.05, 4.69) is 15.3 Å². The fraction of sp³-hybridized carbons (Fsp3) is 0.615. The van der Waals surface area contributed by atoms with Gasteiger partial charge in [-0.2, -0.15) is 0 Å². The third-order valence-corrected chi connectivity index (χ3v) is 4.25. The van der Waals surface area contributed by atoms with E-state index >= 15 is 0 Å². The van der Waals surface area contributed by atoms with Gasteiger partial charge in [-0.1, -0.05) is 0 Å². The van der Waals surface area contributed by atoms with Gasteiger partial charge in [0.05, 0.1) is 18.2 Å². The Morgan fingerprint density at radius 1 is 1.46 bits per heavy atom. The summed E-state index contributed by atoms with van der Waals surface area (Å²) in [6, 6.07) is -1.43. The zero-order valence-corrected chi connectivity index (χ0v) is 12.7. The molecule has 2 aliphatic heterocycles. The first-order valence-electron chi connectivity index (χ1n) is 7.28. The number of carbonyl (C=O) groups excluding carboxylic acids is 1. The molecule has 1 aromatic heterocycles. The molecule has 0 radical (unpaired) electrons. The molecule has 11 nitrogen and oxygen atoms in total. The number of nitrogens with two attached hydrogens (primary N) is 1. The minimum atomic E-state index is -1.17. The third-order valence-electron chi connectivity index (χ3n) is 4.25. The van der Waals surface area contributed by atoms with E-state index in [-0.39, 0.29) is 12.2 Å². The smallest absolute Gasteiger partial charge is 0.325 e. The molecule has 3 rings (SSSR count). The Morgan fingerprint density at radius 3 is 2.83 bits per heavy atom. The predicted molar refractivity (Wildman–Crippen MR) is 78.3 cm³/mol. The van der Waals surface area contributed by atoms with E-state index in [1.54, 1.807) is 0 Å². The molecule has 0 bridgehead atoms. The normalized spacial score (nSPS) is 35.4. The highest BCUT2D eigenvalue weighted by molar-refractivity contribution is 5.72. The number of amides is 2. The summed E-state index contributed by atoms with van der Waals surface area (Å²) >= 11 is 0. The van der Waals surface area contributed by atoms with E-state index in [0.29, 0.717) is 0 Å². The molecule has 0 spiro atoms. The van der Waals surface area contributed by atoms with Crippen molar-refractivity contribution in [3.8, 4) is 0 Å². The molecule has 6 N–H and O–H groups in total. The summed E-state index contributed by atoms with van der Waals surface area (Å²) in [6.45, 7) is 0.109. The lowest BCUT2D eigenvalue weighted by Crippen LogP contribution is -2.62. The number of aromatic nitrogens is 2. The molecule has 0 saturated carbocycles. The topological polar surface area (TPSA) is 169 Å². The van der Waals surface area contributed by atoms with Crippen LogP contribution in [0.3, 0.4) is 0 Å². The van der Waals surface area contributed by atoms with Crippen LogP contribution in [-0.2, 0) is 14.2 Å². The van der Waals surface area contributed by atoms with Gasteiger partial charge in [0.1, 0.15) is 30.5 Å². The first kappa shape index (κ1) is 16.6. The zero-order valence-electron chi connectivity index (χ0n) is 12.7. The van der Waals surface area contributed by atoms with Crippen LogP contribution in [0.15, 0.2) is 15.8 Å². The summed E-state index contributed by atoms with van der Waals surface area (Å²) in [7, 11) is 1.44. The second-order valence-corrected chi connectivity index (χ2v) is 5.65. The average Bonchev–Trinajstić information content (AvgIpc) is 2.85. The number of rotatable bonds is 3. The van der Waals surface area contributed by atoms with Crippen LogP contribution in [0.25, 0.3) is 0 Å². The Bertz CT molecular complexity index is 732. The number of methoxy groups -OCH3 is 1. The molecule has 2 amide bonds. The van der Waals surface area contributed by atoms with Crippen molar-refractivity contribution in [3.05, 3.63) is 32.6 Å². The Hall–Kier alpha value is -2.21. The first-order chi connectivity index (χ1) is 11.4. The number of carbonyl (C=O) groups is 1. The SMILES string of the molecule is CO[C@@H]1CO[C@@H]2[C@@H](O)[C@H](c3c[nH]c(=O)[nH]c3=O)O[C@@H]2[C@@H]1NC(N)=O. The number of hydrogen-bond donors (Lipinski definition) is 5. The van der Waals surface area contributed by atoms with Crippen LogP contribution in [0.5, 0.6) is 0 Å². The Labute approximate surface area is 135 Å². The largest absolute Gasteiger partial charge is 0.387 e. The quantitative estimate of drug-likeness (QED) is 0.398. The number of aliphatic hydroxyl groups excluding tert-OH is 1. The van der Waals surface area contributed by atoms with E-state index in [1.165, 1.54) is 13.3 Å². The summed E-state index contributed by atoms with van der Waals surface area (Å²) in [5.41, 5.74) is 3.89. The fourth-order valence-corrected chi connectivity index (χ4v) is 3.14. The molecular weight excluding hydrogens is 324 g/mol. The number of hydrogen-bond acceptors (Lipinski definition) is 7. The van der Waals surface area contributed by atoms with E-state index in [9.17, 15) is 19.5 Å². The van der Waals surface area contributed by atoms with Gasteiger partial charge in [0.25, 0.3) is 5.56 Å². The molecular formula is C13H18N4O7. The molecule has 2 saturated heterocycles. The van der Waals surface area contributed by atoms with Crippen molar-refractivity contribution in [2.75, 3.05) is 13.7 Å². The maximum atomic E-state index is 11.9. The molecule has 2 aliphatic rings. The number of aliphatic hydroxyl groups is 1. The van der Waals surface area contributed by atoms with E-state index in [4.69, 9.17) is 19.9 Å². The van der Waals surface area contributed by atoms with E-state index < -0.39 is 53.8 Å². The molecule has 11 heteroatoms. The van der Waals surface area contributed by atoms with Gasteiger partial charge in [-0.05, 0) is 0 Å². The average molecular weight is 342 g/mol. The number of nitrogens with one attached hydrogen (secondary N) is 3. The molecule has 0 aliphatic carbocycles. The van der Waals surface area contributed by atoms with Gasteiger partial charge in [-0.3, -0.25) is 9.78 Å². The van der Waals surface area contributed by atoms with E-state index in [1.807, 2.05) is 0 Å². The lowest BCUT2D eigenvalue weighted by Gasteiger charge is -2.38. The van der Waals surface area contributed by atoms with Crippen molar-refractivity contribution in [1.82, 2.24) is 15.3 Å². The van der Waals surface area contributed by atoms with Crippen LogP contribution in [-0.4, -0.2) is 65.3 Å². The first-order valence-corrected chi connectivity index (χ1v) is 7.28. The van der Waals surface area contributed by atoms with Crippen LogP contribution in [0.1, 0.15) is 11.7 Å². The van der Waals surface area contributed by atoms with Crippen molar-refractivity contribution in [2.24, 2.45) is 5.73 Å². The van der Waals surface area contributed by atoms with Crippen molar-refractivity contribution < 1.29 is 24.1 Å². The Kier molecular flexibility index (Phi) is 4.41. The fourth-order valence-electron chi connectivity index (χ4n) is 3.14. The van der Waals surface area contributed by atoms with Gasteiger partial charge in [0, 0.05) is 13.3 Å². The monoisotopic (exact) mass is 342 g/mol. The minimum absolute atomic E-state index is 0.0480. The Balaban J connectivity index is 1.91. The summed E-state index contributed by atoms with van der Waals surface area (Å²) in [5, 5.41) is 13.0. The van der Waals surface area contributed by atoms with Gasteiger partial charge >= 0.3 is 11.7 Å². The summed E-state index contributed by atoms with van der Waals surface area (Å²) in [5.74, 6) is 0. The minimum Gasteiger partial charge on any atom is -0.387 e. The number of primary amides is 1. The maximum Gasteiger partial charge on any atom is 0.325 e. The second-order valence-electron chi connectivity index (χ2n) is 5.65. The van der Waals surface area contributed by atoms with E-state index in [0.717, 1.165) is 0 Å². The van der Waals surface area contributed by atoms with Gasteiger partial charge in [-0.25, -0.2) is 9.59 Å². The highest BCUT2D eigenvalue weighted by Gasteiger charge is 2.54. The second kappa shape index (κ2) is 6.36. The van der Waals surface area contributed by atoms with Gasteiger partial charge in [0.15, 0.2) is 0 Å². The number of ether oxygens (including phenoxy) is 3. The van der Waals surface area contributed by atoms with Crippen LogP contribution >= 0.6 is 0 Å². The van der Waals surface area contributed by atoms with Crippen LogP contribution < -0.4 is 22.3 Å². The Morgan fingerprint density at radius 2 is 2.21 bits per heavy atom. The molecule has 0 aromatic carbocycles. The van der Waals surface area contributed by atoms with Gasteiger partial charge in [0.2, 0.25) is 0 Å². The number of aromatic amines is 2. The third kappa shape index (κ3) is 2.82. The number of H-pyrrole nitrogens is 2. The number of urea groups is 1. The molecule has 3 heterocycles. The summed E-state index contributed by atoms with van der Waals surface area (Å²) < 4.78 is 16.6. The summed E-state index contributed by atoms with van der Waals surface area (Å²) in [6.07, 6.45) is -3.12. The molecule has 2 fully saturated rings. The number of fused-ring (bicyclic) bond motifs is 1. The van der Waals surface area contributed by atoms with Gasteiger partial charge in [-0.15, -0.1) is 0 Å². The maximum absolute atomic E-state index is 11.9. The van der Waals surface area contributed by atoms with Crippen LogP contribution in [0, 0.1) is 0 Å².